The van der Waals surface area contributed by atoms with Crippen LogP contribution in [0.3, 0.4) is 0 Å². The van der Waals surface area contributed by atoms with Gasteiger partial charge in [0.1, 0.15) is 18.2 Å². The molecule has 6 heteroatoms. The first kappa shape index (κ1) is 12.8. The number of amides is 1. The highest BCUT2D eigenvalue weighted by Crippen LogP contribution is 2.29. The van der Waals surface area contributed by atoms with Gasteiger partial charge >= 0.3 is 0 Å². The van der Waals surface area contributed by atoms with Crippen molar-refractivity contribution in [2.75, 3.05) is 13.2 Å². The number of fused-ring (bicyclic) bond motifs is 3. The second-order valence-electron chi connectivity index (χ2n) is 5.72. The Morgan fingerprint density at radius 1 is 1.48 bits per heavy atom. The van der Waals surface area contributed by atoms with Crippen molar-refractivity contribution < 1.29 is 13.9 Å². The number of nitrogens with zero attached hydrogens (tertiary/aromatic N) is 2. The van der Waals surface area contributed by atoms with Crippen LogP contribution in [0, 0.1) is 11.7 Å². The Morgan fingerprint density at radius 2 is 2.33 bits per heavy atom. The summed E-state index contributed by atoms with van der Waals surface area (Å²) in [5.41, 5.74) is 1.52. The molecule has 1 atom stereocenters. The Hall–Kier alpha value is -1.95. The number of ether oxygens (including phenoxy) is 1. The fourth-order valence-electron chi connectivity index (χ4n) is 2.85. The molecule has 2 heterocycles. The maximum Gasteiger partial charge on any atom is 0.223 e. The van der Waals surface area contributed by atoms with E-state index in [2.05, 4.69) is 14.9 Å². The third kappa shape index (κ3) is 2.29. The summed E-state index contributed by atoms with van der Waals surface area (Å²) in [6, 6.07) is 4.61. The first-order valence-electron chi connectivity index (χ1n) is 7.24. The molecule has 110 valence electrons. The highest BCUT2D eigenvalue weighted by atomic mass is 19.1. The number of rotatable bonds is 3. The Morgan fingerprint density at radius 3 is 3.14 bits per heavy atom. The van der Waals surface area contributed by atoms with E-state index in [0.717, 1.165) is 24.2 Å². The van der Waals surface area contributed by atoms with Gasteiger partial charge in [0, 0.05) is 18.5 Å². The van der Waals surface area contributed by atoms with E-state index >= 15 is 0 Å². The van der Waals surface area contributed by atoms with Crippen LogP contribution < -0.4 is 5.32 Å². The van der Waals surface area contributed by atoms with Crippen LogP contribution in [0.5, 0.6) is 0 Å². The first-order valence-corrected chi connectivity index (χ1v) is 7.24. The van der Waals surface area contributed by atoms with Crippen LogP contribution in [-0.2, 0) is 16.1 Å². The SMILES string of the molecule is O=C(NC[C@H]1COCc2nc3cc(F)ccc3n21)C1CC1. The molecule has 1 aromatic heterocycles. The maximum absolute atomic E-state index is 13.3. The molecule has 1 aromatic carbocycles. The van der Waals surface area contributed by atoms with Crippen LogP contribution in [0.1, 0.15) is 24.7 Å². The van der Waals surface area contributed by atoms with E-state index in [0.29, 0.717) is 25.3 Å². The molecule has 1 aliphatic heterocycles. The molecule has 1 amide bonds. The van der Waals surface area contributed by atoms with Crippen molar-refractivity contribution in [2.24, 2.45) is 5.92 Å². The fourth-order valence-corrected chi connectivity index (χ4v) is 2.85. The minimum absolute atomic E-state index is 0.00640. The van der Waals surface area contributed by atoms with Gasteiger partial charge in [0.25, 0.3) is 0 Å². The van der Waals surface area contributed by atoms with E-state index in [4.69, 9.17) is 4.74 Å². The minimum atomic E-state index is -0.294. The molecule has 5 nitrogen and oxygen atoms in total. The van der Waals surface area contributed by atoms with E-state index in [9.17, 15) is 9.18 Å². The highest BCUT2D eigenvalue weighted by Gasteiger charge is 2.31. The average molecular weight is 289 g/mol. The van der Waals surface area contributed by atoms with Crippen molar-refractivity contribution in [1.82, 2.24) is 14.9 Å². The van der Waals surface area contributed by atoms with Crippen LogP contribution >= 0.6 is 0 Å². The number of halogens is 1. The van der Waals surface area contributed by atoms with Gasteiger partial charge in [-0.25, -0.2) is 9.37 Å². The minimum Gasteiger partial charge on any atom is -0.371 e. The molecule has 1 aliphatic carbocycles. The largest absolute Gasteiger partial charge is 0.371 e. The Bertz CT molecular complexity index is 708. The van der Waals surface area contributed by atoms with Crippen LogP contribution in [-0.4, -0.2) is 28.6 Å². The predicted octanol–water partition coefficient (Wildman–Crippen LogP) is 1.77. The molecule has 1 fully saturated rings. The summed E-state index contributed by atoms with van der Waals surface area (Å²) in [7, 11) is 0. The molecule has 1 N–H and O–H groups in total. The molecule has 1 saturated carbocycles. The molecular weight excluding hydrogens is 273 g/mol. The first-order chi connectivity index (χ1) is 10.2. The number of aromatic nitrogens is 2. The van der Waals surface area contributed by atoms with Gasteiger partial charge in [0.2, 0.25) is 5.91 Å². The van der Waals surface area contributed by atoms with Gasteiger partial charge in [-0.15, -0.1) is 0 Å². The number of hydrogen-bond donors (Lipinski definition) is 1. The summed E-state index contributed by atoms with van der Waals surface area (Å²) in [5.74, 6) is 0.810. The Kier molecular flexibility index (Phi) is 2.92. The van der Waals surface area contributed by atoms with Crippen molar-refractivity contribution in [1.29, 1.82) is 0 Å². The lowest BCUT2D eigenvalue weighted by Crippen LogP contribution is -2.36. The zero-order valence-corrected chi connectivity index (χ0v) is 11.5. The smallest absolute Gasteiger partial charge is 0.223 e. The summed E-state index contributed by atoms with van der Waals surface area (Å²) in [4.78, 5) is 16.2. The van der Waals surface area contributed by atoms with Crippen molar-refractivity contribution in [3.8, 4) is 0 Å². The van der Waals surface area contributed by atoms with Crippen LogP contribution in [0.4, 0.5) is 4.39 Å². The van der Waals surface area contributed by atoms with Gasteiger partial charge in [0.15, 0.2) is 0 Å². The van der Waals surface area contributed by atoms with Gasteiger partial charge in [-0.3, -0.25) is 4.79 Å². The van der Waals surface area contributed by atoms with Gasteiger partial charge in [-0.1, -0.05) is 0 Å². The average Bonchev–Trinajstić information content (AvgIpc) is 3.25. The number of carbonyl (C=O) groups excluding carboxylic acids is 1. The molecule has 0 bridgehead atoms. The molecule has 2 aliphatic rings. The third-order valence-electron chi connectivity index (χ3n) is 4.09. The topological polar surface area (TPSA) is 56.1 Å². The summed E-state index contributed by atoms with van der Waals surface area (Å²) < 4.78 is 20.9. The van der Waals surface area contributed by atoms with Gasteiger partial charge in [-0.2, -0.15) is 0 Å². The summed E-state index contributed by atoms with van der Waals surface area (Å²) in [6.07, 6.45) is 1.98. The normalized spacial score (nSPS) is 21.3. The van der Waals surface area contributed by atoms with E-state index in [1.807, 2.05) is 0 Å². The zero-order valence-electron chi connectivity index (χ0n) is 11.5. The highest BCUT2D eigenvalue weighted by molar-refractivity contribution is 5.81. The molecule has 2 aromatic rings. The summed E-state index contributed by atoms with van der Waals surface area (Å²) in [6.45, 7) is 1.47. The Labute approximate surface area is 121 Å². The fraction of sp³-hybridized carbons (Fsp3) is 0.467. The summed E-state index contributed by atoms with van der Waals surface area (Å²) >= 11 is 0. The predicted molar refractivity (Wildman–Crippen MR) is 74.1 cm³/mol. The van der Waals surface area contributed by atoms with Crippen molar-refractivity contribution in [3.63, 3.8) is 0 Å². The van der Waals surface area contributed by atoms with Gasteiger partial charge < -0.3 is 14.6 Å². The van der Waals surface area contributed by atoms with Crippen molar-refractivity contribution in [2.45, 2.75) is 25.5 Å². The van der Waals surface area contributed by atoms with E-state index in [1.54, 1.807) is 6.07 Å². The molecule has 4 rings (SSSR count). The quantitative estimate of drug-likeness (QED) is 0.937. The zero-order chi connectivity index (χ0) is 14.4. The lowest BCUT2D eigenvalue weighted by atomic mass is 10.2. The molecular formula is C15H16FN3O2. The molecule has 0 saturated heterocycles. The summed E-state index contributed by atoms with van der Waals surface area (Å²) in [5, 5.41) is 2.98. The lowest BCUT2D eigenvalue weighted by Gasteiger charge is -2.26. The number of nitrogens with one attached hydrogen (secondary N) is 1. The van der Waals surface area contributed by atoms with Gasteiger partial charge in [0.05, 0.1) is 23.7 Å². The number of benzene rings is 1. The van der Waals surface area contributed by atoms with E-state index in [-0.39, 0.29) is 23.7 Å². The monoisotopic (exact) mass is 289 g/mol. The second kappa shape index (κ2) is 4.80. The molecule has 21 heavy (non-hydrogen) atoms. The van der Waals surface area contributed by atoms with Crippen LogP contribution in [0.15, 0.2) is 18.2 Å². The number of carbonyl (C=O) groups is 1. The molecule has 0 spiro atoms. The Balaban J connectivity index is 1.63. The number of hydrogen-bond acceptors (Lipinski definition) is 3. The van der Waals surface area contributed by atoms with Gasteiger partial charge in [-0.05, 0) is 25.0 Å². The standard InChI is InChI=1S/C15H16FN3O2/c16-10-3-4-13-12(5-10)18-14-8-21-7-11(19(13)14)6-17-15(20)9-1-2-9/h3-5,9,11H,1-2,6-8H2,(H,17,20)/t11-/m0/s1. The third-order valence-corrected chi connectivity index (χ3v) is 4.09. The number of imidazole rings is 1. The molecule has 0 radical (unpaired) electrons. The second-order valence-corrected chi connectivity index (χ2v) is 5.72. The van der Waals surface area contributed by atoms with Crippen LogP contribution in [0.25, 0.3) is 11.0 Å². The van der Waals surface area contributed by atoms with Crippen LogP contribution in [0.2, 0.25) is 0 Å². The maximum atomic E-state index is 13.3. The van der Waals surface area contributed by atoms with E-state index in [1.165, 1.54) is 12.1 Å². The molecule has 0 unspecified atom stereocenters. The van der Waals surface area contributed by atoms with Crippen molar-refractivity contribution in [3.05, 3.63) is 29.8 Å². The lowest BCUT2D eigenvalue weighted by molar-refractivity contribution is -0.122. The van der Waals surface area contributed by atoms with Crippen molar-refractivity contribution >= 4 is 16.9 Å². The van der Waals surface area contributed by atoms with E-state index < -0.39 is 0 Å².